The minimum atomic E-state index is -0.587. The Hall–Kier alpha value is -2.44. The molecule has 2 aromatic rings. The molecule has 0 radical (unpaired) electrons. The molecule has 0 aliphatic rings. The van der Waals surface area contributed by atoms with Crippen molar-refractivity contribution in [1.82, 2.24) is 19.7 Å². The highest BCUT2D eigenvalue weighted by Crippen LogP contribution is 2.08. The molecule has 0 saturated heterocycles. The maximum absolute atomic E-state index is 11.1. The van der Waals surface area contributed by atoms with Gasteiger partial charge in [0.05, 0.1) is 24.7 Å². The van der Waals surface area contributed by atoms with Crippen molar-refractivity contribution in [1.29, 1.82) is 0 Å². The summed E-state index contributed by atoms with van der Waals surface area (Å²) >= 11 is 0. The molecule has 0 amide bonds. The first-order valence-electron chi connectivity index (χ1n) is 4.41. The zero-order valence-corrected chi connectivity index (χ0v) is 8.49. The van der Waals surface area contributed by atoms with Gasteiger partial charge >= 0.3 is 5.97 Å². The van der Waals surface area contributed by atoms with E-state index in [-0.39, 0.29) is 5.82 Å². The number of ether oxygens (including phenoxy) is 1. The van der Waals surface area contributed by atoms with Crippen LogP contribution in [0.15, 0.2) is 24.8 Å². The molecule has 0 aliphatic heterocycles. The van der Waals surface area contributed by atoms with E-state index >= 15 is 0 Å². The quantitative estimate of drug-likeness (QED) is 0.716. The second-order valence-electron chi connectivity index (χ2n) is 2.98. The van der Waals surface area contributed by atoms with Crippen LogP contribution in [0.5, 0.6) is 0 Å². The molecule has 2 N–H and O–H groups in total. The Kier molecular flexibility index (Phi) is 2.50. The van der Waals surface area contributed by atoms with Gasteiger partial charge in [-0.1, -0.05) is 0 Å². The van der Waals surface area contributed by atoms with Crippen LogP contribution in [-0.2, 0) is 4.74 Å². The van der Waals surface area contributed by atoms with Gasteiger partial charge in [0.1, 0.15) is 6.33 Å². The Balaban J connectivity index is 2.35. The van der Waals surface area contributed by atoms with Crippen LogP contribution in [0, 0.1) is 0 Å². The number of anilines is 1. The first-order valence-corrected chi connectivity index (χ1v) is 4.41. The topological polar surface area (TPSA) is 95.9 Å². The molecule has 7 nitrogen and oxygen atoms in total. The van der Waals surface area contributed by atoms with Gasteiger partial charge in [-0.25, -0.2) is 14.5 Å². The SMILES string of the molecule is COC(=O)c1ncn(-c2cncc(N)c2)n1. The first-order chi connectivity index (χ1) is 7.70. The highest BCUT2D eigenvalue weighted by molar-refractivity contribution is 5.84. The van der Waals surface area contributed by atoms with E-state index in [0.29, 0.717) is 11.4 Å². The molecular formula is C9H9N5O2. The number of nitrogen functional groups attached to an aromatic ring is 1. The van der Waals surface area contributed by atoms with Crippen LogP contribution in [0.2, 0.25) is 0 Å². The molecule has 16 heavy (non-hydrogen) atoms. The lowest BCUT2D eigenvalue weighted by Crippen LogP contribution is -2.05. The molecule has 0 unspecified atom stereocenters. The molecule has 0 spiro atoms. The van der Waals surface area contributed by atoms with Gasteiger partial charge in [-0.15, -0.1) is 5.10 Å². The minimum absolute atomic E-state index is 0.00933. The van der Waals surface area contributed by atoms with Crippen molar-refractivity contribution in [3.05, 3.63) is 30.6 Å². The summed E-state index contributed by atoms with van der Waals surface area (Å²) in [6.07, 6.45) is 4.47. The molecule has 0 saturated carbocycles. The summed E-state index contributed by atoms with van der Waals surface area (Å²) in [6.45, 7) is 0. The average molecular weight is 219 g/mol. The van der Waals surface area contributed by atoms with Crippen LogP contribution in [0.1, 0.15) is 10.6 Å². The monoisotopic (exact) mass is 219 g/mol. The number of rotatable bonds is 2. The van der Waals surface area contributed by atoms with E-state index in [4.69, 9.17) is 5.73 Å². The van der Waals surface area contributed by atoms with Crippen LogP contribution in [0.4, 0.5) is 5.69 Å². The van der Waals surface area contributed by atoms with Crippen LogP contribution in [0.3, 0.4) is 0 Å². The van der Waals surface area contributed by atoms with E-state index in [1.54, 1.807) is 12.3 Å². The number of methoxy groups -OCH3 is 1. The number of carbonyl (C=O) groups excluding carboxylic acids is 1. The fourth-order valence-corrected chi connectivity index (χ4v) is 1.14. The number of hydrogen-bond acceptors (Lipinski definition) is 6. The molecule has 7 heteroatoms. The Labute approximate surface area is 90.9 Å². The highest BCUT2D eigenvalue weighted by Gasteiger charge is 2.11. The normalized spacial score (nSPS) is 10.1. The summed E-state index contributed by atoms with van der Waals surface area (Å²) in [5.74, 6) is -0.597. The Morgan fingerprint density at radius 1 is 1.50 bits per heavy atom. The Morgan fingerprint density at radius 3 is 3.00 bits per heavy atom. The van der Waals surface area contributed by atoms with E-state index in [2.05, 4.69) is 19.8 Å². The van der Waals surface area contributed by atoms with Gasteiger partial charge in [-0.05, 0) is 6.07 Å². The van der Waals surface area contributed by atoms with Crippen molar-refractivity contribution in [2.45, 2.75) is 0 Å². The van der Waals surface area contributed by atoms with Gasteiger partial charge in [-0.3, -0.25) is 4.98 Å². The number of carbonyl (C=O) groups is 1. The van der Waals surface area contributed by atoms with Crippen molar-refractivity contribution in [3.63, 3.8) is 0 Å². The number of pyridine rings is 1. The zero-order valence-electron chi connectivity index (χ0n) is 8.49. The van der Waals surface area contributed by atoms with Gasteiger partial charge < -0.3 is 10.5 Å². The predicted molar refractivity (Wildman–Crippen MR) is 54.9 cm³/mol. The average Bonchev–Trinajstić information content (AvgIpc) is 2.77. The summed E-state index contributed by atoms with van der Waals surface area (Å²) < 4.78 is 5.89. The van der Waals surface area contributed by atoms with Gasteiger partial charge in [0.25, 0.3) is 5.82 Å². The third-order valence-corrected chi connectivity index (χ3v) is 1.87. The number of hydrogen-bond donors (Lipinski definition) is 1. The maximum Gasteiger partial charge on any atom is 0.377 e. The number of esters is 1. The first kappa shape index (κ1) is 10.1. The Bertz CT molecular complexity index is 522. The molecule has 0 atom stereocenters. The summed E-state index contributed by atoms with van der Waals surface area (Å²) in [7, 11) is 1.27. The zero-order chi connectivity index (χ0) is 11.5. The van der Waals surface area contributed by atoms with E-state index in [1.165, 1.54) is 24.3 Å². The lowest BCUT2D eigenvalue weighted by molar-refractivity contribution is 0.0587. The van der Waals surface area contributed by atoms with E-state index < -0.39 is 5.97 Å². The van der Waals surface area contributed by atoms with Crippen LogP contribution < -0.4 is 5.73 Å². The number of aromatic nitrogens is 4. The standard InChI is InChI=1S/C9H9N5O2/c1-16-9(15)8-12-5-14(13-8)7-2-6(10)3-11-4-7/h2-5H,10H2,1H3. The molecular weight excluding hydrogens is 210 g/mol. The fraction of sp³-hybridized carbons (Fsp3) is 0.111. The molecule has 2 heterocycles. The lowest BCUT2D eigenvalue weighted by Gasteiger charge is -1.99. The van der Waals surface area contributed by atoms with Gasteiger partial charge in [0.15, 0.2) is 0 Å². The van der Waals surface area contributed by atoms with Crippen molar-refractivity contribution >= 4 is 11.7 Å². The predicted octanol–water partition coefficient (Wildman–Crippen LogP) is 0.0311. The summed E-state index contributed by atoms with van der Waals surface area (Å²) in [5, 5.41) is 3.93. The number of nitrogens with two attached hydrogens (primary N) is 1. The van der Waals surface area contributed by atoms with Gasteiger partial charge in [0, 0.05) is 6.20 Å². The van der Waals surface area contributed by atoms with Gasteiger partial charge in [0.2, 0.25) is 0 Å². The summed E-state index contributed by atoms with van der Waals surface area (Å²) in [6, 6.07) is 1.67. The van der Waals surface area contributed by atoms with Crippen molar-refractivity contribution in [3.8, 4) is 5.69 Å². The largest absolute Gasteiger partial charge is 0.463 e. The van der Waals surface area contributed by atoms with Crippen LogP contribution >= 0.6 is 0 Å². The third kappa shape index (κ3) is 1.83. The maximum atomic E-state index is 11.1. The van der Waals surface area contributed by atoms with Gasteiger partial charge in [-0.2, -0.15) is 0 Å². The molecule has 2 rings (SSSR count). The lowest BCUT2D eigenvalue weighted by atomic mass is 10.4. The molecule has 0 aliphatic carbocycles. The van der Waals surface area contributed by atoms with Crippen molar-refractivity contribution < 1.29 is 9.53 Å². The fourth-order valence-electron chi connectivity index (χ4n) is 1.14. The molecule has 2 aromatic heterocycles. The van der Waals surface area contributed by atoms with Crippen molar-refractivity contribution in [2.75, 3.05) is 12.8 Å². The van der Waals surface area contributed by atoms with Crippen LogP contribution in [-0.4, -0.2) is 32.8 Å². The summed E-state index contributed by atoms with van der Waals surface area (Å²) in [5.41, 5.74) is 6.71. The molecule has 0 aromatic carbocycles. The summed E-state index contributed by atoms with van der Waals surface area (Å²) in [4.78, 5) is 18.8. The molecule has 82 valence electrons. The second kappa shape index (κ2) is 3.97. The highest BCUT2D eigenvalue weighted by atomic mass is 16.5. The van der Waals surface area contributed by atoms with E-state index in [1.807, 2.05) is 0 Å². The molecule has 0 bridgehead atoms. The van der Waals surface area contributed by atoms with E-state index in [9.17, 15) is 4.79 Å². The number of nitrogens with zero attached hydrogens (tertiary/aromatic N) is 4. The smallest absolute Gasteiger partial charge is 0.377 e. The third-order valence-electron chi connectivity index (χ3n) is 1.87. The van der Waals surface area contributed by atoms with Crippen molar-refractivity contribution in [2.24, 2.45) is 0 Å². The Morgan fingerprint density at radius 2 is 2.31 bits per heavy atom. The van der Waals surface area contributed by atoms with E-state index in [0.717, 1.165) is 0 Å². The second-order valence-corrected chi connectivity index (χ2v) is 2.98. The van der Waals surface area contributed by atoms with Crippen LogP contribution in [0.25, 0.3) is 5.69 Å². The minimum Gasteiger partial charge on any atom is -0.463 e. The molecule has 0 fully saturated rings.